The zero-order valence-corrected chi connectivity index (χ0v) is 15.7. The number of tetrazole rings is 1. The molecular weight excluding hydrogens is 364 g/mol. The Hall–Kier alpha value is -2.77. The van der Waals surface area contributed by atoms with Gasteiger partial charge in [0.2, 0.25) is 11.7 Å². The molecule has 0 bridgehead atoms. The quantitative estimate of drug-likeness (QED) is 0.652. The lowest BCUT2D eigenvalue weighted by atomic mass is 10.1. The molecular formula is C19H21ClN6O. The van der Waals surface area contributed by atoms with Crippen LogP contribution in [0.3, 0.4) is 0 Å². The number of aromatic nitrogens is 4. The van der Waals surface area contributed by atoms with Gasteiger partial charge in [0.25, 0.3) is 0 Å². The van der Waals surface area contributed by atoms with Crippen LogP contribution in [0.25, 0.3) is 11.4 Å². The van der Waals surface area contributed by atoms with Gasteiger partial charge in [0, 0.05) is 23.2 Å². The second-order valence-electron chi connectivity index (χ2n) is 6.13. The van der Waals surface area contributed by atoms with Crippen LogP contribution in [0.15, 0.2) is 54.6 Å². The third kappa shape index (κ3) is 4.69. The van der Waals surface area contributed by atoms with Gasteiger partial charge in [0.15, 0.2) is 6.04 Å². The molecule has 0 fully saturated rings. The molecule has 3 aromatic rings. The summed E-state index contributed by atoms with van der Waals surface area (Å²) in [7, 11) is 0. The monoisotopic (exact) mass is 384 g/mol. The molecule has 0 aliphatic carbocycles. The fourth-order valence-electron chi connectivity index (χ4n) is 2.67. The van der Waals surface area contributed by atoms with Crippen molar-refractivity contribution in [3.05, 3.63) is 65.2 Å². The largest absolute Gasteiger partial charge is 0.352 e. The molecule has 1 amide bonds. The Balaban J connectivity index is 1.66. The molecule has 140 valence electrons. The maximum Gasteiger partial charge on any atom is 0.246 e. The van der Waals surface area contributed by atoms with Crippen LogP contribution >= 0.6 is 11.6 Å². The van der Waals surface area contributed by atoms with E-state index in [0.29, 0.717) is 23.8 Å². The fraction of sp³-hybridized carbons (Fsp3) is 0.263. The van der Waals surface area contributed by atoms with Crippen LogP contribution in [-0.2, 0) is 4.79 Å². The Labute approximate surface area is 162 Å². The summed E-state index contributed by atoms with van der Waals surface area (Å²) in [6.07, 6.45) is 0.531. The van der Waals surface area contributed by atoms with Crippen molar-refractivity contribution in [1.82, 2.24) is 25.5 Å². The van der Waals surface area contributed by atoms with E-state index in [0.717, 1.165) is 11.1 Å². The topological polar surface area (TPSA) is 98.7 Å². The van der Waals surface area contributed by atoms with E-state index >= 15 is 0 Å². The van der Waals surface area contributed by atoms with Gasteiger partial charge in [0.1, 0.15) is 0 Å². The summed E-state index contributed by atoms with van der Waals surface area (Å²) in [6.45, 7) is 2.23. The highest BCUT2D eigenvalue weighted by Gasteiger charge is 2.22. The second kappa shape index (κ2) is 8.75. The number of nitrogens with two attached hydrogens (primary N) is 1. The van der Waals surface area contributed by atoms with Gasteiger partial charge in [-0.1, -0.05) is 48.9 Å². The molecule has 1 heterocycles. The van der Waals surface area contributed by atoms with Crippen molar-refractivity contribution in [2.75, 3.05) is 6.54 Å². The number of amides is 1. The zero-order valence-electron chi connectivity index (χ0n) is 14.9. The number of carbonyl (C=O) groups excluding carboxylic acids is 1. The predicted octanol–water partition coefficient (Wildman–Crippen LogP) is 2.76. The SMILES string of the molecule is CCC(C(=O)NCC(N)c1ccccc1)n1nnc(-c2ccc(Cl)cc2)n1. The van der Waals surface area contributed by atoms with Gasteiger partial charge < -0.3 is 11.1 Å². The molecule has 3 N–H and O–H groups in total. The minimum absolute atomic E-state index is 0.191. The lowest BCUT2D eigenvalue weighted by Gasteiger charge is -2.17. The summed E-state index contributed by atoms with van der Waals surface area (Å²) < 4.78 is 0. The average Bonchev–Trinajstić information content (AvgIpc) is 3.17. The van der Waals surface area contributed by atoms with Crippen LogP contribution in [0, 0.1) is 0 Å². The number of carbonyl (C=O) groups is 1. The van der Waals surface area contributed by atoms with Gasteiger partial charge in [-0.2, -0.15) is 4.80 Å². The molecule has 0 radical (unpaired) electrons. The molecule has 7 nitrogen and oxygen atoms in total. The van der Waals surface area contributed by atoms with Crippen LogP contribution in [0.5, 0.6) is 0 Å². The minimum atomic E-state index is -0.554. The summed E-state index contributed by atoms with van der Waals surface area (Å²) in [6, 6.07) is 15.9. The summed E-state index contributed by atoms with van der Waals surface area (Å²) in [4.78, 5) is 13.9. The number of halogens is 1. The molecule has 0 spiro atoms. The summed E-state index contributed by atoms with van der Waals surface area (Å²) in [5, 5.41) is 15.9. The van der Waals surface area contributed by atoms with Crippen LogP contribution in [0.2, 0.25) is 5.02 Å². The van der Waals surface area contributed by atoms with E-state index in [4.69, 9.17) is 17.3 Å². The molecule has 3 rings (SSSR count). The Morgan fingerprint density at radius 2 is 1.89 bits per heavy atom. The zero-order chi connectivity index (χ0) is 19.2. The third-order valence-corrected chi connectivity index (χ3v) is 4.47. The molecule has 1 aromatic heterocycles. The first-order valence-electron chi connectivity index (χ1n) is 8.72. The average molecular weight is 385 g/mol. The van der Waals surface area contributed by atoms with Crippen LogP contribution < -0.4 is 11.1 Å². The number of rotatable bonds is 7. The molecule has 0 saturated carbocycles. The van der Waals surface area contributed by atoms with Crippen molar-refractivity contribution in [3.8, 4) is 11.4 Å². The maximum atomic E-state index is 12.6. The highest BCUT2D eigenvalue weighted by atomic mass is 35.5. The number of benzene rings is 2. The van der Waals surface area contributed by atoms with Crippen LogP contribution in [0.1, 0.15) is 31.0 Å². The van der Waals surface area contributed by atoms with E-state index in [2.05, 4.69) is 20.7 Å². The van der Waals surface area contributed by atoms with Crippen molar-refractivity contribution < 1.29 is 4.79 Å². The molecule has 0 aliphatic rings. The van der Waals surface area contributed by atoms with Gasteiger partial charge in [-0.15, -0.1) is 10.2 Å². The third-order valence-electron chi connectivity index (χ3n) is 4.22. The van der Waals surface area contributed by atoms with Gasteiger partial charge in [0.05, 0.1) is 0 Å². The van der Waals surface area contributed by atoms with E-state index < -0.39 is 6.04 Å². The van der Waals surface area contributed by atoms with E-state index in [9.17, 15) is 4.79 Å². The molecule has 0 saturated heterocycles. The minimum Gasteiger partial charge on any atom is -0.352 e. The van der Waals surface area contributed by atoms with E-state index in [-0.39, 0.29) is 11.9 Å². The second-order valence-corrected chi connectivity index (χ2v) is 6.56. The van der Waals surface area contributed by atoms with Crippen molar-refractivity contribution >= 4 is 17.5 Å². The number of nitrogens with zero attached hydrogens (tertiary/aromatic N) is 4. The van der Waals surface area contributed by atoms with E-state index in [1.54, 1.807) is 12.1 Å². The summed E-state index contributed by atoms with van der Waals surface area (Å²) in [5.74, 6) is 0.253. The number of hydrogen-bond acceptors (Lipinski definition) is 5. The van der Waals surface area contributed by atoms with Crippen LogP contribution in [-0.4, -0.2) is 32.7 Å². The molecule has 0 aliphatic heterocycles. The summed E-state index contributed by atoms with van der Waals surface area (Å²) >= 11 is 5.90. The molecule has 8 heteroatoms. The van der Waals surface area contributed by atoms with Crippen molar-refractivity contribution in [1.29, 1.82) is 0 Å². The van der Waals surface area contributed by atoms with Gasteiger partial charge in [-0.25, -0.2) is 0 Å². The maximum absolute atomic E-state index is 12.6. The lowest BCUT2D eigenvalue weighted by Crippen LogP contribution is -2.37. The summed E-state index contributed by atoms with van der Waals surface area (Å²) in [5.41, 5.74) is 7.89. The molecule has 2 unspecified atom stereocenters. The standard InChI is InChI=1S/C19H21ClN6O/c1-2-17(19(27)22-12-16(21)13-6-4-3-5-7-13)26-24-18(23-25-26)14-8-10-15(20)11-9-14/h3-11,16-17H,2,12,21H2,1H3,(H,22,27). The van der Waals surface area contributed by atoms with Crippen molar-refractivity contribution in [3.63, 3.8) is 0 Å². The molecule has 2 atom stereocenters. The van der Waals surface area contributed by atoms with Crippen molar-refractivity contribution in [2.45, 2.75) is 25.4 Å². The Bertz CT molecular complexity index is 881. The predicted molar refractivity (Wildman–Crippen MR) is 104 cm³/mol. The molecule has 2 aromatic carbocycles. The fourth-order valence-corrected chi connectivity index (χ4v) is 2.80. The molecule has 27 heavy (non-hydrogen) atoms. The first-order chi connectivity index (χ1) is 13.1. The van der Waals surface area contributed by atoms with Gasteiger partial charge in [-0.05, 0) is 41.5 Å². The Morgan fingerprint density at radius 1 is 1.19 bits per heavy atom. The number of hydrogen-bond donors (Lipinski definition) is 2. The van der Waals surface area contributed by atoms with E-state index in [1.807, 2.05) is 49.4 Å². The first-order valence-corrected chi connectivity index (χ1v) is 9.10. The van der Waals surface area contributed by atoms with Gasteiger partial charge >= 0.3 is 0 Å². The smallest absolute Gasteiger partial charge is 0.246 e. The highest BCUT2D eigenvalue weighted by molar-refractivity contribution is 6.30. The first kappa shape index (κ1) is 19.0. The Kier molecular flexibility index (Phi) is 6.16. The number of nitrogens with one attached hydrogen (secondary N) is 1. The highest BCUT2D eigenvalue weighted by Crippen LogP contribution is 2.18. The van der Waals surface area contributed by atoms with E-state index in [1.165, 1.54) is 4.80 Å². The van der Waals surface area contributed by atoms with Gasteiger partial charge in [-0.3, -0.25) is 4.79 Å². The van der Waals surface area contributed by atoms with Crippen molar-refractivity contribution in [2.24, 2.45) is 5.73 Å². The normalized spacial score (nSPS) is 13.1. The Morgan fingerprint density at radius 3 is 2.56 bits per heavy atom. The van der Waals surface area contributed by atoms with Crippen LogP contribution in [0.4, 0.5) is 0 Å². The lowest BCUT2D eigenvalue weighted by molar-refractivity contribution is -0.125.